The Labute approximate surface area is 182 Å². The van der Waals surface area contributed by atoms with Crippen LogP contribution in [-0.4, -0.2) is 32.4 Å². The summed E-state index contributed by atoms with van der Waals surface area (Å²) >= 11 is 0. The average Bonchev–Trinajstić information content (AvgIpc) is 2.77. The van der Waals surface area contributed by atoms with Crippen molar-refractivity contribution in [3.8, 4) is 11.5 Å². The van der Waals surface area contributed by atoms with Gasteiger partial charge in [0.05, 0.1) is 24.5 Å². The number of benzene rings is 1. The van der Waals surface area contributed by atoms with Gasteiger partial charge in [-0.2, -0.15) is 0 Å². The van der Waals surface area contributed by atoms with Crippen LogP contribution in [0.2, 0.25) is 0 Å². The van der Waals surface area contributed by atoms with Crippen LogP contribution in [0.4, 0.5) is 0 Å². The molecular weight excluding hydrogens is 390 g/mol. The van der Waals surface area contributed by atoms with Gasteiger partial charge in [0.15, 0.2) is 5.82 Å². The number of amides is 1. The Morgan fingerprint density at radius 2 is 1.97 bits per heavy atom. The molecule has 0 radical (unpaired) electrons. The molecule has 3 aromatic rings. The van der Waals surface area contributed by atoms with Gasteiger partial charge in [-0.1, -0.05) is 26.0 Å². The molecule has 7 heteroatoms. The lowest BCUT2D eigenvalue weighted by atomic mass is 9.74. The molecule has 160 valence electrons. The van der Waals surface area contributed by atoms with Crippen molar-refractivity contribution in [2.75, 3.05) is 6.61 Å². The van der Waals surface area contributed by atoms with Gasteiger partial charge in [0.25, 0.3) is 5.91 Å². The van der Waals surface area contributed by atoms with Gasteiger partial charge in [0, 0.05) is 36.3 Å². The second-order valence-electron chi connectivity index (χ2n) is 8.59. The first-order valence-electron chi connectivity index (χ1n) is 10.5. The molecule has 7 nitrogen and oxygen atoms in total. The minimum absolute atomic E-state index is 0.000283. The second kappa shape index (κ2) is 8.89. The molecule has 4 rings (SSSR count). The van der Waals surface area contributed by atoms with Crippen molar-refractivity contribution in [1.29, 1.82) is 0 Å². The van der Waals surface area contributed by atoms with E-state index in [0.717, 1.165) is 29.7 Å². The zero-order chi connectivity index (χ0) is 21.8. The van der Waals surface area contributed by atoms with Crippen molar-refractivity contribution in [1.82, 2.24) is 25.3 Å². The predicted octanol–water partition coefficient (Wildman–Crippen LogP) is 3.91. The van der Waals surface area contributed by atoms with Gasteiger partial charge < -0.3 is 10.1 Å². The zero-order valence-corrected chi connectivity index (χ0v) is 18.1. The zero-order valence-electron chi connectivity index (χ0n) is 18.1. The second-order valence-corrected chi connectivity index (χ2v) is 8.59. The van der Waals surface area contributed by atoms with E-state index in [2.05, 4.69) is 34.1 Å². The van der Waals surface area contributed by atoms with E-state index < -0.39 is 0 Å². The molecule has 1 amide bonds. The lowest BCUT2D eigenvalue weighted by Gasteiger charge is -2.36. The smallest absolute Gasteiger partial charge is 0.251 e. The SMILES string of the molecule is CCOCc1ccc(C(=O)N[C@H]2CC(C)(C)Cc3nc(-c4cnccn4)ncc32)cc1. The summed E-state index contributed by atoms with van der Waals surface area (Å²) in [7, 11) is 0. The van der Waals surface area contributed by atoms with Crippen molar-refractivity contribution in [3.63, 3.8) is 0 Å². The molecule has 0 fully saturated rings. The van der Waals surface area contributed by atoms with Crippen molar-refractivity contribution in [2.24, 2.45) is 5.41 Å². The molecule has 1 aliphatic carbocycles. The summed E-state index contributed by atoms with van der Waals surface area (Å²) in [5.74, 6) is 0.453. The Balaban J connectivity index is 1.56. The molecule has 31 heavy (non-hydrogen) atoms. The van der Waals surface area contributed by atoms with E-state index in [1.807, 2.05) is 37.4 Å². The Morgan fingerprint density at radius 1 is 1.16 bits per heavy atom. The number of carbonyl (C=O) groups is 1. The Kier molecular flexibility index (Phi) is 6.04. The van der Waals surface area contributed by atoms with Crippen LogP contribution in [0.1, 0.15) is 60.4 Å². The third kappa shape index (κ3) is 4.94. The minimum atomic E-state index is -0.148. The fourth-order valence-electron chi connectivity index (χ4n) is 3.93. The molecule has 1 aromatic carbocycles. The summed E-state index contributed by atoms with van der Waals surface area (Å²) < 4.78 is 5.42. The molecular formula is C24H27N5O2. The van der Waals surface area contributed by atoms with Crippen LogP contribution >= 0.6 is 0 Å². The molecule has 0 saturated carbocycles. The van der Waals surface area contributed by atoms with Gasteiger partial charge >= 0.3 is 0 Å². The summed E-state index contributed by atoms with van der Waals surface area (Å²) in [4.78, 5) is 30.6. The van der Waals surface area contributed by atoms with Crippen molar-refractivity contribution >= 4 is 5.91 Å². The van der Waals surface area contributed by atoms with Gasteiger partial charge in [-0.05, 0) is 42.9 Å². The molecule has 0 spiro atoms. The standard InChI is InChI=1S/C24H27N5O2/c1-4-31-15-16-5-7-17(8-6-16)23(30)29-20-12-24(2,3)11-19-18(20)13-27-22(28-19)21-14-25-9-10-26-21/h5-10,13-14,20H,4,11-12,15H2,1-3H3,(H,29,30)/t20-/m0/s1. The highest BCUT2D eigenvalue weighted by Gasteiger charge is 2.34. The maximum atomic E-state index is 12.9. The lowest BCUT2D eigenvalue weighted by Crippen LogP contribution is -2.37. The number of nitrogens with one attached hydrogen (secondary N) is 1. The molecule has 2 heterocycles. The van der Waals surface area contributed by atoms with Crippen LogP contribution in [0.3, 0.4) is 0 Å². The van der Waals surface area contributed by atoms with E-state index in [0.29, 0.717) is 30.3 Å². The third-order valence-electron chi connectivity index (χ3n) is 5.46. The lowest BCUT2D eigenvalue weighted by molar-refractivity contribution is 0.0918. The molecule has 1 N–H and O–H groups in total. The van der Waals surface area contributed by atoms with Crippen LogP contribution in [0.5, 0.6) is 0 Å². The normalized spacial score (nSPS) is 17.1. The number of hydrogen-bond donors (Lipinski definition) is 1. The van der Waals surface area contributed by atoms with Crippen LogP contribution in [0, 0.1) is 5.41 Å². The molecule has 0 bridgehead atoms. The average molecular weight is 418 g/mol. The monoisotopic (exact) mass is 417 g/mol. The van der Waals surface area contributed by atoms with E-state index in [1.54, 1.807) is 18.6 Å². The van der Waals surface area contributed by atoms with Gasteiger partial charge in [0.2, 0.25) is 0 Å². The maximum Gasteiger partial charge on any atom is 0.251 e. The number of fused-ring (bicyclic) bond motifs is 1. The Bertz CT molecular complexity index is 1050. The Hall–Kier alpha value is -3.19. The van der Waals surface area contributed by atoms with Crippen molar-refractivity contribution < 1.29 is 9.53 Å². The summed E-state index contributed by atoms with van der Waals surface area (Å²) in [6, 6.07) is 7.39. The number of ether oxygens (including phenoxy) is 1. The number of hydrogen-bond acceptors (Lipinski definition) is 6. The number of rotatable bonds is 6. The topological polar surface area (TPSA) is 89.9 Å². The van der Waals surface area contributed by atoms with Gasteiger partial charge in [-0.3, -0.25) is 9.78 Å². The van der Waals surface area contributed by atoms with Crippen molar-refractivity contribution in [3.05, 3.63) is 71.4 Å². The van der Waals surface area contributed by atoms with Crippen LogP contribution in [0.25, 0.3) is 11.5 Å². The third-order valence-corrected chi connectivity index (χ3v) is 5.46. The first-order valence-corrected chi connectivity index (χ1v) is 10.5. The summed E-state index contributed by atoms with van der Waals surface area (Å²) in [5.41, 5.74) is 4.23. The fraction of sp³-hybridized carbons (Fsp3) is 0.375. The van der Waals surface area contributed by atoms with E-state index in [4.69, 9.17) is 9.72 Å². The quantitative estimate of drug-likeness (QED) is 0.654. The largest absolute Gasteiger partial charge is 0.377 e. The van der Waals surface area contributed by atoms with Gasteiger partial charge in [0.1, 0.15) is 5.69 Å². The summed E-state index contributed by atoms with van der Waals surface area (Å²) in [5, 5.41) is 3.19. The van der Waals surface area contributed by atoms with E-state index in [9.17, 15) is 4.79 Å². The number of aromatic nitrogens is 4. The van der Waals surface area contributed by atoms with E-state index in [-0.39, 0.29) is 17.4 Å². The first kappa shape index (κ1) is 21.1. The minimum Gasteiger partial charge on any atom is -0.377 e. The van der Waals surface area contributed by atoms with Crippen LogP contribution in [0.15, 0.2) is 49.1 Å². The highest BCUT2D eigenvalue weighted by Crippen LogP contribution is 2.40. The molecule has 0 unspecified atom stereocenters. The molecule has 2 aromatic heterocycles. The van der Waals surface area contributed by atoms with E-state index in [1.165, 1.54) is 0 Å². The van der Waals surface area contributed by atoms with Gasteiger partial charge in [-0.25, -0.2) is 15.0 Å². The number of nitrogens with zero attached hydrogens (tertiary/aromatic N) is 4. The molecule has 0 aliphatic heterocycles. The van der Waals surface area contributed by atoms with Crippen LogP contribution in [-0.2, 0) is 17.8 Å². The predicted molar refractivity (Wildman–Crippen MR) is 117 cm³/mol. The maximum absolute atomic E-state index is 12.9. The fourth-order valence-corrected chi connectivity index (χ4v) is 3.93. The number of carbonyl (C=O) groups excluding carboxylic acids is 1. The Morgan fingerprint density at radius 3 is 2.68 bits per heavy atom. The van der Waals surface area contributed by atoms with Gasteiger partial charge in [-0.15, -0.1) is 0 Å². The summed E-state index contributed by atoms with van der Waals surface area (Å²) in [6.45, 7) is 7.57. The molecule has 1 atom stereocenters. The van der Waals surface area contributed by atoms with Crippen LogP contribution < -0.4 is 5.32 Å². The molecule has 1 aliphatic rings. The highest BCUT2D eigenvalue weighted by molar-refractivity contribution is 5.94. The highest BCUT2D eigenvalue weighted by atomic mass is 16.5. The molecule has 0 saturated heterocycles. The first-order chi connectivity index (χ1) is 14.9. The summed E-state index contributed by atoms with van der Waals surface area (Å²) in [6.07, 6.45) is 8.37. The van der Waals surface area contributed by atoms with Crippen molar-refractivity contribution in [2.45, 2.75) is 46.3 Å². The van der Waals surface area contributed by atoms with E-state index >= 15 is 0 Å².